The minimum Gasteiger partial charge on any atom is -0.352 e. The highest BCUT2D eigenvalue weighted by Crippen LogP contribution is 2.35. The van der Waals surface area contributed by atoms with Crippen molar-refractivity contribution in [3.8, 4) is 11.1 Å². The van der Waals surface area contributed by atoms with Gasteiger partial charge in [0, 0.05) is 43.0 Å². The predicted molar refractivity (Wildman–Crippen MR) is 156 cm³/mol. The fraction of sp³-hybridized carbons (Fsp3) is 0.219. The van der Waals surface area contributed by atoms with Crippen molar-refractivity contribution in [2.24, 2.45) is 0 Å². The Morgan fingerprint density at radius 3 is 2.11 bits per heavy atom. The van der Waals surface area contributed by atoms with E-state index in [1.165, 1.54) is 16.0 Å². The highest BCUT2D eigenvalue weighted by molar-refractivity contribution is 7.18. The van der Waals surface area contributed by atoms with Crippen LogP contribution in [0.25, 0.3) is 21.3 Å². The zero-order valence-corrected chi connectivity index (χ0v) is 22.5. The highest BCUT2D eigenvalue weighted by Gasteiger charge is 2.26. The van der Waals surface area contributed by atoms with Gasteiger partial charge in [0.05, 0.1) is 5.39 Å². The van der Waals surface area contributed by atoms with E-state index in [-0.39, 0.29) is 5.91 Å². The molecule has 3 aromatic carbocycles. The first kappa shape index (κ1) is 24.3. The van der Waals surface area contributed by atoms with E-state index >= 15 is 0 Å². The maximum atomic E-state index is 13.3. The monoisotopic (exact) mass is 518 g/mol. The summed E-state index contributed by atoms with van der Waals surface area (Å²) in [4.78, 5) is 29.9. The van der Waals surface area contributed by atoms with E-state index in [9.17, 15) is 4.79 Å². The summed E-state index contributed by atoms with van der Waals surface area (Å²) in [5, 5.41) is 1.15. The second kappa shape index (κ2) is 10.4. The smallest absolute Gasteiger partial charge is 0.253 e. The van der Waals surface area contributed by atoms with E-state index in [0.717, 1.165) is 51.6 Å². The summed E-state index contributed by atoms with van der Waals surface area (Å²) in [5.41, 5.74) is 5.46. The van der Waals surface area contributed by atoms with Crippen molar-refractivity contribution in [1.82, 2.24) is 14.9 Å². The SMILES string of the molecule is Cc1sc2nc(Cc3ccccc3)nc(N3CCN(C(=O)c4ccc(-c5ccccc5)cc4)CC3)c2c1C. The molecule has 5 aromatic rings. The number of piperazine rings is 1. The van der Waals surface area contributed by atoms with Crippen LogP contribution in [0.5, 0.6) is 0 Å². The Bertz CT molecular complexity index is 1570. The predicted octanol–water partition coefficient (Wildman–Crippen LogP) is 6.53. The molecule has 0 N–H and O–H groups in total. The number of fused-ring (bicyclic) bond motifs is 1. The van der Waals surface area contributed by atoms with Gasteiger partial charge < -0.3 is 9.80 Å². The van der Waals surface area contributed by atoms with E-state index in [2.05, 4.69) is 55.1 Å². The molecular formula is C32H30N4OS. The largest absolute Gasteiger partial charge is 0.352 e. The van der Waals surface area contributed by atoms with Crippen molar-refractivity contribution >= 4 is 33.3 Å². The van der Waals surface area contributed by atoms with Crippen LogP contribution in [0.4, 0.5) is 5.82 Å². The van der Waals surface area contributed by atoms with E-state index < -0.39 is 0 Å². The molecule has 190 valence electrons. The number of thiophene rings is 1. The molecule has 38 heavy (non-hydrogen) atoms. The number of rotatable bonds is 5. The standard InChI is InChI=1S/C32H30N4OS/c1-22-23(2)38-31-29(22)30(33-28(34-31)21-24-9-5-3-6-10-24)35-17-19-36(20-18-35)32(37)27-15-13-26(14-16-27)25-11-7-4-8-12-25/h3-16H,17-21H2,1-2H3. The Morgan fingerprint density at radius 1 is 0.789 bits per heavy atom. The second-order valence-electron chi connectivity index (χ2n) is 9.81. The molecule has 0 spiro atoms. The maximum absolute atomic E-state index is 13.3. The van der Waals surface area contributed by atoms with Crippen LogP contribution in [0.1, 0.15) is 32.2 Å². The molecule has 5 nitrogen and oxygen atoms in total. The lowest BCUT2D eigenvalue weighted by Crippen LogP contribution is -2.49. The van der Waals surface area contributed by atoms with Gasteiger partial charge in [-0.1, -0.05) is 72.8 Å². The third-order valence-corrected chi connectivity index (χ3v) is 8.47. The third-order valence-electron chi connectivity index (χ3n) is 7.37. The molecule has 0 unspecified atom stereocenters. The lowest BCUT2D eigenvalue weighted by Gasteiger charge is -2.36. The number of nitrogens with zero attached hydrogens (tertiary/aromatic N) is 4. The number of carbonyl (C=O) groups is 1. The molecule has 2 aromatic heterocycles. The number of amides is 1. The summed E-state index contributed by atoms with van der Waals surface area (Å²) in [6.07, 6.45) is 0.706. The summed E-state index contributed by atoms with van der Waals surface area (Å²) in [6, 6.07) is 28.6. The Balaban J connectivity index is 1.20. The zero-order valence-electron chi connectivity index (χ0n) is 21.7. The summed E-state index contributed by atoms with van der Waals surface area (Å²) >= 11 is 1.74. The topological polar surface area (TPSA) is 49.3 Å². The first-order chi connectivity index (χ1) is 18.6. The normalized spacial score (nSPS) is 13.7. The average molecular weight is 519 g/mol. The Hall–Kier alpha value is -4.03. The Labute approximate surface area is 227 Å². The van der Waals surface area contributed by atoms with E-state index in [4.69, 9.17) is 9.97 Å². The average Bonchev–Trinajstić information content (AvgIpc) is 3.26. The maximum Gasteiger partial charge on any atom is 0.253 e. The fourth-order valence-corrected chi connectivity index (χ4v) is 6.14. The molecule has 6 rings (SSSR count). The van der Waals surface area contributed by atoms with Crippen LogP contribution in [-0.2, 0) is 6.42 Å². The number of aryl methyl sites for hydroxylation is 2. The number of benzene rings is 3. The van der Waals surface area contributed by atoms with Crippen LogP contribution in [0, 0.1) is 13.8 Å². The van der Waals surface area contributed by atoms with Gasteiger partial charge >= 0.3 is 0 Å². The van der Waals surface area contributed by atoms with Crippen molar-refractivity contribution in [1.29, 1.82) is 0 Å². The summed E-state index contributed by atoms with van der Waals surface area (Å²) in [6.45, 7) is 7.15. The van der Waals surface area contributed by atoms with Crippen LogP contribution in [0.3, 0.4) is 0 Å². The lowest BCUT2D eigenvalue weighted by molar-refractivity contribution is 0.0746. The van der Waals surface area contributed by atoms with Crippen molar-refractivity contribution < 1.29 is 4.79 Å². The lowest BCUT2D eigenvalue weighted by atomic mass is 10.0. The molecule has 1 fully saturated rings. The summed E-state index contributed by atoms with van der Waals surface area (Å²) in [7, 11) is 0. The molecule has 0 radical (unpaired) electrons. The molecule has 0 atom stereocenters. The highest BCUT2D eigenvalue weighted by atomic mass is 32.1. The van der Waals surface area contributed by atoms with Gasteiger partial charge in [-0.3, -0.25) is 4.79 Å². The summed E-state index contributed by atoms with van der Waals surface area (Å²) in [5.74, 6) is 1.93. The quantitative estimate of drug-likeness (QED) is 0.265. The van der Waals surface area contributed by atoms with Crippen molar-refractivity contribution in [3.63, 3.8) is 0 Å². The third kappa shape index (κ3) is 4.79. The van der Waals surface area contributed by atoms with Crippen molar-refractivity contribution in [2.45, 2.75) is 20.3 Å². The number of hydrogen-bond donors (Lipinski definition) is 0. The van der Waals surface area contributed by atoms with E-state index in [1.54, 1.807) is 11.3 Å². The van der Waals surface area contributed by atoms with Crippen LogP contribution in [0.2, 0.25) is 0 Å². The fourth-order valence-electron chi connectivity index (χ4n) is 5.10. The van der Waals surface area contributed by atoms with Gasteiger partial charge in [-0.15, -0.1) is 11.3 Å². The molecule has 1 amide bonds. The van der Waals surface area contributed by atoms with Gasteiger partial charge in [0.2, 0.25) is 0 Å². The zero-order chi connectivity index (χ0) is 26.1. The first-order valence-electron chi connectivity index (χ1n) is 13.1. The number of anilines is 1. The number of hydrogen-bond acceptors (Lipinski definition) is 5. The molecule has 3 heterocycles. The van der Waals surface area contributed by atoms with Crippen LogP contribution in [0.15, 0.2) is 84.9 Å². The minimum atomic E-state index is 0.0874. The molecule has 1 saturated heterocycles. The van der Waals surface area contributed by atoms with Crippen LogP contribution in [-0.4, -0.2) is 47.0 Å². The molecule has 1 aliphatic heterocycles. The van der Waals surface area contributed by atoms with Gasteiger partial charge in [0.1, 0.15) is 16.5 Å². The Kier molecular flexibility index (Phi) is 6.64. The van der Waals surface area contributed by atoms with E-state index in [1.807, 2.05) is 53.4 Å². The van der Waals surface area contributed by atoms with Gasteiger partial charge in [-0.2, -0.15) is 0 Å². The molecule has 1 aliphatic rings. The van der Waals surface area contributed by atoms with Crippen molar-refractivity contribution in [2.75, 3.05) is 31.1 Å². The van der Waals surface area contributed by atoms with Gasteiger partial charge in [0.25, 0.3) is 5.91 Å². The summed E-state index contributed by atoms with van der Waals surface area (Å²) < 4.78 is 0. The molecule has 6 heteroatoms. The van der Waals surface area contributed by atoms with E-state index in [0.29, 0.717) is 19.5 Å². The number of aromatic nitrogens is 2. The van der Waals surface area contributed by atoms with Gasteiger partial charge in [-0.25, -0.2) is 9.97 Å². The second-order valence-corrected chi connectivity index (χ2v) is 11.0. The van der Waals surface area contributed by atoms with Crippen molar-refractivity contribution in [3.05, 3.63) is 112 Å². The Morgan fingerprint density at radius 2 is 1.42 bits per heavy atom. The minimum absolute atomic E-state index is 0.0874. The van der Waals surface area contributed by atoms with Crippen LogP contribution >= 0.6 is 11.3 Å². The number of carbonyl (C=O) groups excluding carboxylic acids is 1. The molecular weight excluding hydrogens is 488 g/mol. The van der Waals surface area contributed by atoms with Crippen LogP contribution < -0.4 is 4.90 Å². The van der Waals surface area contributed by atoms with Gasteiger partial charge in [0.15, 0.2) is 0 Å². The van der Waals surface area contributed by atoms with Gasteiger partial charge in [-0.05, 0) is 48.2 Å². The first-order valence-corrected chi connectivity index (χ1v) is 13.9. The molecule has 0 saturated carbocycles. The molecule has 0 bridgehead atoms. The molecule has 0 aliphatic carbocycles.